The number of nitrogens with zero attached hydrogens (tertiary/aromatic N) is 2. The Balaban J connectivity index is 1.81. The zero-order valence-electron chi connectivity index (χ0n) is 13.5. The van der Waals surface area contributed by atoms with E-state index < -0.39 is 11.7 Å². The Labute approximate surface area is 147 Å². The second-order valence-corrected chi connectivity index (χ2v) is 7.53. The number of halogens is 3. The number of hydrogen-bond donors (Lipinski definition) is 1. The van der Waals surface area contributed by atoms with Crippen LogP contribution in [0.5, 0.6) is 0 Å². The molecule has 0 spiro atoms. The van der Waals surface area contributed by atoms with E-state index in [1.54, 1.807) is 0 Å². The van der Waals surface area contributed by atoms with Gasteiger partial charge in [-0.2, -0.15) is 13.2 Å². The fourth-order valence-corrected chi connectivity index (χ4v) is 4.17. The molecular formula is C17H18F3N3OS. The number of rotatable bonds is 3. The zero-order valence-corrected chi connectivity index (χ0v) is 14.3. The maximum atomic E-state index is 13.6. The Hall–Kier alpha value is -1.83. The minimum atomic E-state index is -4.47. The van der Waals surface area contributed by atoms with Crippen LogP contribution in [-0.4, -0.2) is 30.0 Å². The van der Waals surface area contributed by atoms with Gasteiger partial charge in [0.15, 0.2) is 0 Å². The van der Waals surface area contributed by atoms with Crippen molar-refractivity contribution in [2.75, 3.05) is 18.0 Å². The van der Waals surface area contributed by atoms with Gasteiger partial charge in [-0.3, -0.25) is 4.79 Å². The standard InChI is InChI=1S/C17H18F3N3OS/c18-17(19,20)12-8-13(23-6-2-1-3-7-23)22-14-11(9-25-15(12)14)16(24)21-10-4-5-10/h8-10H,1-7H2,(H,21,24). The second-order valence-electron chi connectivity index (χ2n) is 6.65. The molecule has 25 heavy (non-hydrogen) atoms. The van der Waals surface area contributed by atoms with Crippen molar-refractivity contribution in [2.45, 2.75) is 44.3 Å². The number of amides is 1. The lowest BCUT2D eigenvalue weighted by molar-refractivity contribution is -0.136. The van der Waals surface area contributed by atoms with Crippen LogP contribution < -0.4 is 10.2 Å². The van der Waals surface area contributed by atoms with Gasteiger partial charge in [-0.1, -0.05) is 0 Å². The smallest absolute Gasteiger partial charge is 0.357 e. The van der Waals surface area contributed by atoms with E-state index >= 15 is 0 Å². The molecule has 1 saturated carbocycles. The van der Waals surface area contributed by atoms with E-state index in [0.29, 0.717) is 18.9 Å². The highest BCUT2D eigenvalue weighted by Gasteiger charge is 2.36. The van der Waals surface area contributed by atoms with Crippen molar-refractivity contribution < 1.29 is 18.0 Å². The van der Waals surface area contributed by atoms with Crippen LogP contribution in [0.2, 0.25) is 0 Å². The molecule has 1 aliphatic heterocycles. The molecule has 2 aliphatic rings. The Morgan fingerprint density at radius 2 is 1.96 bits per heavy atom. The summed E-state index contributed by atoms with van der Waals surface area (Å²) in [5, 5.41) is 4.33. The van der Waals surface area contributed by atoms with Crippen molar-refractivity contribution in [1.82, 2.24) is 10.3 Å². The lowest BCUT2D eigenvalue weighted by Crippen LogP contribution is -2.30. The molecule has 2 fully saturated rings. The van der Waals surface area contributed by atoms with Crippen molar-refractivity contribution in [3.8, 4) is 0 Å². The van der Waals surface area contributed by atoms with Gasteiger partial charge in [0.1, 0.15) is 5.82 Å². The van der Waals surface area contributed by atoms with E-state index in [1.807, 2.05) is 4.90 Å². The Kier molecular flexibility index (Phi) is 4.10. The monoisotopic (exact) mass is 369 g/mol. The van der Waals surface area contributed by atoms with E-state index in [-0.39, 0.29) is 27.7 Å². The molecule has 0 unspecified atom stereocenters. The predicted octanol–water partition coefficient (Wildman–Crippen LogP) is 4.20. The third kappa shape index (κ3) is 3.31. The quantitative estimate of drug-likeness (QED) is 0.882. The Bertz CT molecular complexity index is 807. The second kappa shape index (κ2) is 6.16. The topological polar surface area (TPSA) is 45.2 Å². The number of carbonyl (C=O) groups is 1. The van der Waals surface area contributed by atoms with Gasteiger partial charge in [0, 0.05) is 24.5 Å². The molecule has 1 saturated heterocycles. The molecule has 0 bridgehead atoms. The Morgan fingerprint density at radius 3 is 2.60 bits per heavy atom. The maximum Gasteiger partial charge on any atom is 0.417 e. The minimum absolute atomic E-state index is 0.0363. The summed E-state index contributed by atoms with van der Waals surface area (Å²) in [5.41, 5.74) is -0.289. The van der Waals surface area contributed by atoms with Crippen molar-refractivity contribution in [2.24, 2.45) is 0 Å². The minimum Gasteiger partial charge on any atom is -0.357 e. The van der Waals surface area contributed by atoms with Gasteiger partial charge in [0.25, 0.3) is 5.91 Å². The Morgan fingerprint density at radius 1 is 1.24 bits per heavy atom. The van der Waals surface area contributed by atoms with Crippen LogP contribution in [0.15, 0.2) is 11.4 Å². The number of carbonyl (C=O) groups excluding carboxylic acids is 1. The number of hydrogen-bond acceptors (Lipinski definition) is 4. The molecule has 134 valence electrons. The summed E-state index contributed by atoms with van der Waals surface area (Å²) in [7, 11) is 0. The lowest BCUT2D eigenvalue weighted by Gasteiger charge is -2.28. The molecule has 2 aromatic heterocycles. The van der Waals surface area contributed by atoms with Crippen molar-refractivity contribution in [3.05, 3.63) is 22.6 Å². The molecule has 0 atom stereocenters. The first-order valence-corrected chi connectivity index (χ1v) is 9.37. The number of thiophene rings is 1. The third-order valence-corrected chi connectivity index (χ3v) is 5.65. The fraction of sp³-hybridized carbons (Fsp3) is 0.529. The summed E-state index contributed by atoms with van der Waals surface area (Å²) < 4.78 is 40.7. The molecule has 3 heterocycles. The number of fused-ring (bicyclic) bond motifs is 1. The van der Waals surface area contributed by atoms with Crippen molar-refractivity contribution in [3.63, 3.8) is 0 Å². The van der Waals surface area contributed by atoms with Crippen molar-refractivity contribution >= 4 is 33.3 Å². The number of aromatic nitrogens is 1. The first-order chi connectivity index (χ1) is 11.9. The maximum absolute atomic E-state index is 13.6. The first kappa shape index (κ1) is 16.6. The van der Waals surface area contributed by atoms with E-state index in [2.05, 4.69) is 10.3 Å². The fourth-order valence-electron chi connectivity index (χ4n) is 3.14. The van der Waals surface area contributed by atoms with Crippen LogP contribution >= 0.6 is 11.3 Å². The van der Waals surface area contributed by atoms with Gasteiger partial charge in [-0.15, -0.1) is 11.3 Å². The van der Waals surface area contributed by atoms with Crippen molar-refractivity contribution in [1.29, 1.82) is 0 Å². The van der Waals surface area contributed by atoms with E-state index in [4.69, 9.17) is 0 Å². The summed E-state index contributed by atoms with van der Waals surface area (Å²) in [4.78, 5) is 18.7. The number of alkyl halides is 3. The predicted molar refractivity (Wildman–Crippen MR) is 91.2 cm³/mol. The normalized spacial score (nSPS) is 18.6. The third-order valence-electron chi connectivity index (χ3n) is 4.65. The highest BCUT2D eigenvalue weighted by Crippen LogP contribution is 2.40. The average Bonchev–Trinajstić information content (AvgIpc) is 3.29. The summed E-state index contributed by atoms with van der Waals surface area (Å²) in [6.45, 7) is 1.40. The molecule has 0 aromatic carbocycles. The van der Waals surface area contributed by atoms with E-state index in [9.17, 15) is 18.0 Å². The van der Waals surface area contributed by atoms with Crippen LogP contribution in [0.4, 0.5) is 19.0 Å². The highest BCUT2D eigenvalue weighted by atomic mass is 32.1. The van der Waals surface area contributed by atoms with Crippen LogP contribution in [-0.2, 0) is 6.18 Å². The number of piperidine rings is 1. The molecule has 1 N–H and O–H groups in total. The summed E-state index contributed by atoms with van der Waals surface area (Å²) in [5.74, 6) is -0.0106. The molecule has 8 heteroatoms. The van der Waals surface area contributed by atoms with Gasteiger partial charge in [-0.25, -0.2) is 4.98 Å². The molecule has 1 aliphatic carbocycles. The molecule has 4 rings (SSSR count). The van der Waals surface area contributed by atoms with Gasteiger partial charge in [0.05, 0.1) is 21.3 Å². The first-order valence-electron chi connectivity index (χ1n) is 8.49. The van der Waals surface area contributed by atoms with Gasteiger partial charge >= 0.3 is 6.18 Å². The van der Waals surface area contributed by atoms with E-state index in [0.717, 1.165) is 49.5 Å². The van der Waals surface area contributed by atoms with Gasteiger partial charge in [0.2, 0.25) is 0 Å². The van der Waals surface area contributed by atoms with Gasteiger partial charge < -0.3 is 10.2 Å². The SMILES string of the molecule is O=C(NC1CC1)c1csc2c(C(F)(F)F)cc(N3CCCCC3)nc12. The summed E-state index contributed by atoms with van der Waals surface area (Å²) in [6, 6.07) is 1.28. The largest absolute Gasteiger partial charge is 0.417 e. The summed E-state index contributed by atoms with van der Waals surface area (Å²) in [6.07, 6.45) is 0.348. The molecule has 1 amide bonds. The number of pyridine rings is 1. The van der Waals surface area contributed by atoms with Crippen LogP contribution in [0.1, 0.15) is 48.0 Å². The lowest BCUT2D eigenvalue weighted by atomic mass is 10.1. The van der Waals surface area contributed by atoms with Gasteiger partial charge in [-0.05, 0) is 38.2 Å². The molecule has 4 nitrogen and oxygen atoms in total. The number of nitrogens with one attached hydrogen (secondary N) is 1. The molecule has 0 radical (unpaired) electrons. The van der Waals surface area contributed by atoms with Crippen LogP contribution in [0.25, 0.3) is 10.2 Å². The average molecular weight is 369 g/mol. The number of anilines is 1. The van der Waals surface area contributed by atoms with Crippen LogP contribution in [0, 0.1) is 0 Å². The van der Waals surface area contributed by atoms with Crippen LogP contribution in [0.3, 0.4) is 0 Å². The molecular weight excluding hydrogens is 351 g/mol. The molecule has 2 aromatic rings. The highest BCUT2D eigenvalue weighted by molar-refractivity contribution is 7.17. The van der Waals surface area contributed by atoms with E-state index in [1.165, 1.54) is 5.38 Å². The zero-order chi connectivity index (χ0) is 17.6. The summed E-state index contributed by atoms with van der Waals surface area (Å²) >= 11 is 0.937.